The van der Waals surface area contributed by atoms with Crippen molar-refractivity contribution in [2.75, 3.05) is 32.8 Å². The molecule has 1 amide bonds. The number of alkyl halides is 1. The minimum absolute atomic E-state index is 0.00698. The maximum atomic E-state index is 14.0. The quantitative estimate of drug-likeness (QED) is 0.0890. The van der Waals surface area contributed by atoms with E-state index in [0.29, 0.717) is 0 Å². The lowest BCUT2D eigenvalue weighted by molar-refractivity contribution is -0.307. The number of nitrogens with one attached hydrogen (secondary N) is 2. The fraction of sp³-hybridized carbons (Fsp3) is 0.958. The second-order valence-electron chi connectivity index (χ2n) is 11.3. The average Bonchev–Trinajstić information content (AvgIpc) is 2.98. The van der Waals surface area contributed by atoms with E-state index in [1.54, 1.807) is 0 Å². The van der Waals surface area contributed by atoms with Gasteiger partial charge in [0.2, 0.25) is 0 Å². The number of halogens is 1. The van der Waals surface area contributed by atoms with Gasteiger partial charge >= 0.3 is 0 Å². The molecule has 1 aliphatic carbocycles. The van der Waals surface area contributed by atoms with Crippen molar-refractivity contribution >= 4 is 5.91 Å². The van der Waals surface area contributed by atoms with Gasteiger partial charge in [0, 0.05) is 31.6 Å². The summed E-state index contributed by atoms with van der Waals surface area (Å²) in [6.07, 6.45) is -19.0. The molecule has 43 heavy (non-hydrogen) atoms. The highest BCUT2D eigenvalue weighted by Crippen LogP contribution is 2.37. The molecule has 252 valence electrons. The fourth-order valence-corrected chi connectivity index (χ4v) is 5.85. The third kappa shape index (κ3) is 7.95. The van der Waals surface area contributed by atoms with Crippen LogP contribution in [0.25, 0.3) is 0 Å². The molecule has 2 heterocycles. The molecule has 0 radical (unpaired) electrons. The predicted molar refractivity (Wildman–Crippen MR) is 143 cm³/mol. The van der Waals surface area contributed by atoms with E-state index >= 15 is 0 Å². The van der Waals surface area contributed by atoms with Gasteiger partial charge in [0.15, 0.2) is 12.4 Å². The average molecular weight is 631 g/mol. The second kappa shape index (κ2) is 15.9. The third-order valence-corrected chi connectivity index (χ3v) is 8.39. The zero-order valence-electron chi connectivity index (χ0n) is 23.5. The molecular weight excluding hydrogens is 583 g/mol. The Hall–Kier alpha value is -1.24. The van der Waals surface area contributed by atoms with E-state index < -0.39 is 123 Å². The molecule has 19 heteroatoms. The number of rotatable bonds is 12. The van der Waals surface area contributed by atoms with Crippen molar-refractivity contribution in [2.24, 2.45) is 28.9 Å². The summed E-state index contributed by atoms with van der Waals surface area (Å²) in [6.45, 7) is -1.42. The van der Waals surface area contributed by atoms with Crippen LogP contribution in [0.5, 0.6) is 0 Å². The lowest BCUT2D eigenvalue weighted by atomic mass is 9.71. The van der Waals surface area contributed by atoms with E-state index in [0.717, 1.165) is 0 Å². The van der Waals surface area contributed by atoms with Crippen LogP contribution in [0, 0.1) is 5.92 Å². The van der Waals surface area contributed by atoms with E-state index in [1.807, 2.05) is 0 Å². The Morgan fingerprint density at radius 1 is 0.953 bits per heavy atom. The third-order valence-electron chi connectivity index (χ3n) is 8.39. The number of aliphatic hydroxyl groups excluding tert-OH is 8. The van der Waals surface area contributed by atoms with Crippen LogP contribution in [0.15, 0.2) is 0 Å². The molecule has 18 nitrogen and oxygen atoms in total. The van der Waals surface area contributed by atoms with Crippen molar-refractivity contribution in [2.45, 2.75) is 104 Å². The summed E-state index contributed by atoms with van der Waals surface area (Å²) in [5.41, 5.74) is 23.7. The normalized spacial score (nSPS) is 45.4. The van der Waals surface area contributed by atoms with Crippen molar-refractivity contribution in [3.8, 4) is 0 Å². The standard InChI is InChI=1S/C24H47FN6O12/c25-7(4-26)15(34)23(40)31-9-3-8(27)12(22-14(29)19(38)17(36)10(41-22)5-30-1-2-32)18(37)21(9)43-24-20(39)13(28)16(35)11(6-33)42-24/h7-22,24,30,32-39H,1-6,26-29H2,(H,31,40)/t7?,8-,9+,10+,11+,12?,13-,14+,15?,16+,17+,18-,19+,20+,21-,22+,24+/m0/s1. The smallest absolute Gasteiger partial charge is 0.252 e. The molecule has 0 bridgehead atoms. The van der Waals surface area contributed by atoms with E-state index in [2.05, 4.69) is 10.6 Å². The Labute approximate surface area is 247 Å². The maximum Gasteiger partial charge on any atom is 0.252 e. The number of nitrogens with two attached hydrogens (primary N) is 4. The first-order valence-electron chi connectivity index (χ1n) is 14.2. The van der Waals surface area contributed by atoms with Gasteiger partial charge in [0.25, 0.3) is 5.91 Å². The van der Waals surface area contributed by atoms with Crippen molar-refractivity contribution in [3.63, 3.8) is 0 Å². The zero-order chi connectivity index (χ0) is 32.2. The van der Waals surface area contributed by atoms with Crippen LogP contribution in [0.1, 0.15) is 6.42 Å². The molecule has 0 aromatic heterocycles. The number of amides is 1. The predicted octanol–water partition coefficient (Wildman–Crippen LogP) is -8.61. The van der Waals surface area contributed by atoms with Crippen LogP contribution in [0.3, 0.4) is 0 Å². The van der Waals surface area contributed by atoms with Gasteiger partial charge in [-0.05, 0) is 6.42 Å². The van der Waals surface area contributed by atoms with Gasteiger partial charge < -0.3 is 88.6 Å². The molecule has 3 aliphatic rings. The number of hydrogen-bond donors (Lipinski definition) is 14. The minimum Gasteiger partial charge on any atom is -0.395 e. The van der Waals surface area contributed by atoms with E-state index in [-0.39, 0.29) is 26.1 Å². The van der Waals surface area contributed by atoms with Crippen molar-refractivity contribution in [1.82, 2.24) is 10.6 Å². The van der Waals surface area contributed by atoms with Crippen molar-refractivity contribution < 1.29 is 64.2 Å². The molecule has 3 fully saturated rings. The topological polar surface area (TPSA) is 335 Å². The van der Waals surface area contributed by atoms with Crippen LogP contribution in [0.4, 0.5) is 4.39 Å². The van der Waals surface area contributed by atoms with Gasteiger partial charge in [0.1, 0.15) is 42.8 Å². The molecular formula is C24H47FN6O12. The van der Waals surface area contributed by atoms with E-state index in [4.69, 9.17) is 42.3 Å². The largest absolute Gasteiger partial charge is 0.395 e. The Balaban J connectivity index is 1.91. The molecule has 0 spiro atoms. The Bertz CT molecular complexity index is 887. The Morgan fingerprint density at radius 2 is 1.63 bits per heavy atom. The number of carbonyl (C=O) groups is 1. The summed E-state index contributed by atoms with van der Waals surface area (Å²) in [7, 11) is 0. The van der Waals surface area contributed by atoms with Gasteiger partial charge in [-0.15, -0.1) is 0 Å². The summed E-state index contributed by atoms with van der Waals surface area (Å²) < 4.78 is 31.4. The first-order chi connectivity index (χ1) is 20.3. The van der Waals surface area contributed by atoms with Gasteiger partial charge in [0.05, 0.1) is 49.7 Å². The van der Waals surface area contributed by atoms with Gasteiger partial charge in [-0.3, -0.25) is 4.79 Å². The highest BCUT2D eigenvalue weighted by molar-refractivity contribution is 5.81. The van der Waals surface area contributed by atoms with Crippen molar-refractivity contribution in [3.05, 3.63) is 0 Å². The van der Waals surface area contributed by atoms with Crippen LogP contribution >= 0.6 is 0 Å². The highest BCUT2D eigenvalue weighted by atomic mass is 19.1. The number of ether oxygens (including phenoxy) is 3. The minimum atomic E-state index is -2.17. The monoisotopic (exact) mass is 630 g/mol. The highest BCUT2D eigenvalue weighted by Gasteiger charge is 2.55. The van der Waals surface area contributed by atoms with Crippen LogP contribution in [-0.2, 0) is 19.0 Å². The zero-order valence-corrected chi connectivity index (χ0v) is 23.5. The first kappa shape index (κ1) is 36.2. The van der Waals surface area contributed by atoms with Gasteiger partial charge in [-0.25, -0.2) is 4.39 Å². The number of carbonyl (C=O) groups excluding carboxylic acids is 1. The molecule has 0 aromatic carbocycles. The molecule has 17 atom stereocenters. The maximum absolute atomic E-state index is 14.0. The molecule has 3 unspecified atom stereocenters. The van der Waals surface area contributed by atoms with Gasteiger partial charge in [-0.2, -0.15) is 0 Å². The molecule has 0 aromatic rings. The molecule has 1 saturated carbocycles. The first-order valence-corrected chi connectivity index (χ1v) is 14.2. The van der Waals surface area contributed by atoms with E-state index in [9.17, 15) is 44.9 Å². The summed E-state index contributed by atoms with van der Waals surface area (Å²) in [4.78, 5) is 12.7. The van der Waals surface area contributed by atoms with E-state index in [1.165, 1.54) is 0 Å². The summed E-state index contributed by atoms with van der Waals surface area (Å²) in [6, 6.07) is -4.87. The number of hydrogen-bond acceptors (Lipinski definition) is 17. The van der Waals surface area contributed by atoms with Gasteiger partial charge in [-0.1, -0.05) is 0 Å². The molecule has 2 saturated heterocycles. The lowest BCUT2D eigenvalue weighted by Crippen LogP contribution is -2.72. The Morgan fingerprint density at radius 3 is 2.23 bits per heavy atom. The SMILES string of the molecule is NCC(F)C(O)C(=O)N[C@@H]1C[C@H](N)C([C@H]2O[C@H](CNCCO)[C@@H](O)[C@H](O)[C@H]2N)[C@H](O)[C@H]1O[C@H]1O[C@H](CO)[C@@H](O)[C@H](N)[C@H]1O. The fourth-order valence-electron chi connectivity index (χ4n) is 5.85. The summed E-state index contributed by atoms with van der Waals surface area (Å²) >= 11 is 0. The summed E-state index contributed by atoms with van der Waals surface area (Å²) in [5, 5.41) is 87.7. The van der Waals surface area contributed by atoms with Crippen LogP contribution in [-0.4, -0.2) is 177 Å². The lowest BCUT2D eigenvalue weighted by Gasteiger charge is -2.52. The molecule has 3 rings (SSSR count). The number of aliphatic hydroxyl groups is 8. The summed E-state index contributed by atoms with van der Waals surface area (Å²) in [5.74, 6) is -2.33. The molecule has 2 aliphatic heterocycles. The van der Waals surface area contributed by atoms with Crippen LogP contribution in [0.2, 0.25) is 0 Å². The molecule has 18 N–H and O–H groups in total. The second-order valence-corrected chi connectivity index (χ2v) is 11.3. The van der Waals surface area contributed by atoms with Crippen LogP contribution < -0.4 is 33.6 Å². The van der Waals surface area contributed by atoms with Crippen molar-refractivity contribution in [1.29, 1.82) is 0 Å². The Kier molecular flexibility index (Phi) is 13.4.